The molecule has 0 aliphatic rings. The molecule has 0 fully saturated rings. The summed E-state index contributed by atoms with van der Waals surface area (Å²) in [5, 5.41) is 14.7. The standard InChI is InChI=1S/C31H27N3O2/c1-22-9-8-14-27-29(24-10-4-2-5-11-24)31(25-12-6-3-7-13-25)34(30(22)27)20-19-28(36)33-32-21-23-15-17-26(35)18-16-23/h2-18,21,35H,19-20H2,1H3,(H,33,36)/b32-21-. The zero-order valence-electron chi connectivity index (χ0n) is 20.1. The molecule has 0 aliphatic carbocycles. The molecule has 0 saturated carbocycles. The third-order valence-electron chi connectivity index (χ3n) is 6.25. The maximum Gasteiger partial charge on any atom is 0.241 e. The topological polar surface area (TPSA) is 66.6 Å². The number of hydrazone groups is 1. The predicted octanol–water partition coefficient (Wildman–Crippen LogP) is 6.53. The Morgan fingerprint density at radius 2 is 1.53 bits per heavy atom. The maximum atomic E-state index is 12.7. The van der Waals surface area contributed by atoms with E-state index in [1.165, 1.54) is 10.9 Å². The molecular formula is C31H27N3O2. The molecule has 0 bridgehead atoms. The molecule has 1 heterocycles. The Labute approximate surface area is 210 Å². The van der Waals surface area contributed by atoms with Gasteiger partial charge in [-0.2, -0.15) is 5.10 Å². The maximum absolute atomic E-state index is 12.7. The zero-order chi connectivity index (χ0) is 24.9. The van der Waals surface area contributed by atoms with Crippen molar-refractivity contribution >= 4 is 23.0 Å². The number of carbonyl (C=O) groups excluding carboxylic acids is 1. The number of nitrogens with one attached hydrogen (secondary N) is 1. The molecule has 36 heavy (non-hydrogen) atoms. The average Bonchev–Trinajstić information content (AvgIpc) is 3.25. The molecule has 0 saturated heterocycles. The second-order valence-corrected chi connectivity index (χ2v) is 8.71. The van der Waals surface area contributed by atoms with Crippen LogP contribution in [-0.4, -0.2) is 21.8 Å². The summed E-state index contributed by atoms with van der Waals surface area (Å²) in [6.45, 7) is 2.63. The van der Waals surface area contributed by atoms with Crippen LogP contribution in [0.25, 0.3) is 33.3 Å². The molecule has 5 aromatic rings. The van der Waals surface area contributed by atoms with Gasteiger partial charge in [0.15, 0.2) is 0 Å². The fraction of sp³-hybridized carbons (Fsp3) is 0.0968. The van der Waals surface area contributed by atoms with E-state index < -0.39 is 0 Å². The van der Waals surface area contributed by atoms with Crippen molar-refractivity contribution in [2.75, 3.05) is 0 Å². The SMILES string of the molecule is Cc1cccc2c(-c3ccccc3)c(-c3ccccc3)n(CCC(=O)N/N=C\c3ccc(O)cc3)c12. The van der Waals surface area contributed by atoms with Crippen LogP contribution in [0.1, 0.15) is 17.5 Å². The summed E-state index contributed by atoms with van der Waals surface area (Å²) < 4.78 is 2.27. The third kappa shape index (κ3) is 4.77. The number of hydrogen-bond donors (Lipinski definition) is 2. The number of rotatable bonds is 7. The number of amides is 1. The number of benzene rings is 4. The Morgan fingerprint density at radius 3 is 2.22 bits per heavy atom. The van der Waals surface area contributed by atoms with Gasteiger partial charge < -0.3 is 9.67 Å². The number of carbonyl (C=O) groups is 1. The van der Waals surface area contributed by atoms with Gasteiger partial charge in [-0.05, 0) is 53.4 Å². The number of phenolic OH excluding ortho intramolecular Hbond substituents is 1. The summed E-state index contributed by atoms with van der Waals surface area (Å²) in [6.07, 6.45) is 1.84. The van der Waals surface area contributed by atoms with Crippen molar-refractivity contribution in [1.82, 2.24) is 9.99 Å². The summed E-state index contributed by atoms with van der Waals surface area (Å²) in [5.41, 5.74) is 10.3. The van der Waals surface area contributed by atoms with E-state index in [1.807, 2.05) is 24.3 Å². The minimum Gasteiger partial charge on any atom is -0.508 e. The number of phenols is 1. The fourth-order valence-electron chi connectivity index (χ4n) is 4.62. The highest BCUT2D eigenvalue weighted by molar-refractivity contribution is 6.05. The number of fused-ring (bicyclic) bond motifs is 1. The van der Waals surface area contributed by atoms with Crippen LogP contribution < -0.4 is 5.43 Å². The van der Waals surface area contributed by atoms with E-state index in [2.05, 4.69) is 76.6 Å². The Morgan fingerprint density at radius 1 is 0.861 bits per heavy atom. The summed E-state index contributed by atoms with van der Waals surface area (Å²) >= 11 is 0. The number of aromatic nitrogens is 1. The van der Waals surface area contributed by atoms with Crippen molar-refractivity contribution in [1.29, 1.82) is 0 Å². The lowest BCUT2D eigenvalue weighted by Gasteiger charge is -2.13. The third-order valence-corrected chi connectivity index (χ3v) is 6.25. The smallest absolute Gasteiger partial charge is 0.241 e. The molecule has 0 unspecified atom stereocenters. The normalized spacial score (nSPS) is 11.2. The minimum absolute atomic E-state index is 0.166. The highest BCUT2D eigenvalue weighted by Crippen LogP contribution is 2.42. The second kappa shape index (κ2) is 10.3. The Bertz CT molecular complexity index is 1520. The van der Waals surface area contributed by atoms with Gasteiger partial charge in [0, 0.05) is 23.9 Å². The minimum atomic E-state index is -0.166. The first kappa shape index (κ1) is 23.1. The van der Waals surface area contributed by atoms with E-state index in [-0.39, 0.29) is 18.1 Å². The van der Waals surface area contributed by atoms with Crippen molar-refractivity contribution in [3.05, 3.63) is 114 Å². The second-order valence-electron chi connectivity index (χ2n) is 8.71. The van der Waals surface area contributed by atoms with E-state index in [0.29, 0.717) is 6.54 Å². The molecular weight excluding hydrogens is 446 g/mol. The molecule has 5 nitrogen and oxygen atoms in total. The van der Waals surface area contributed by atoms with Crippen molar-refractivity contribution in [2.45, 2.75) is 19.9 Å². The Balaban J connectivity index is 1.50. The highest BCUT2D eigenvalue weighted by atomic mass is 16.3. The van der Waals surface area contributed by atoms with E-state index >= 15 is 0 Å². The number of para-hydroxylation sites is 1. The lowest BCUT2D eigenvalue weighted by molar-refractivity contribution is -0.121. The molecule has 0 spiro atoms. The number of hydrogen-bond acceptors (Lipinski definition) is 3. The first-order valence-electron chi connectivity index (χ1n) is 12.0. The highest BCUT2D eigenvalue weighted by Gasteiger charge is 2.21. The van der Waals surface area contributed by atoms with Crippen molar-refractivity contribution in [3.63, 3.8) is 0 Å². The first-order valence-corrected chi connectivity index (χ1v) is 12.0. The number of aromatic hydroxyl groups is 1. The Hall–Kier alpha value is -4.64. The van der Waals surface area contributed by atoms with Crippen molar-refractivity contribution < 1.29 is 9.90 Å². The number of nitrogens with zero attached hydrogens (tertiary/aromatic N) is 2. The van der Waals surface area contributed by atoms with Crippen LogP contribution in [0.2, 0.25) is 0 Å². The van der Waals surface area contributed by atoms with Crippen LogP contribution in [0.5, 0.6) is 5.75 Å². The van der Waals surface area contributed by atoms with Gasteiger partial charge in [-0.25, -0.2) is 5.43 Å². The van der Waals surface area contributed by atoms with Crippen LogP contribution in [-0.2, 0) is 11.3 Å². The summed E-state index contributed by atoms with van der Waals surface area (Å²) in [4.78, 5) is 12.7. The van der Waals surface area contributed by atoms with Crippen LogP contribution in [0.4, 0.5) is 0 Å². The molecule has 0 aliphatic heterocycles. The van der Waals surface area contributed by atoms with Crippen LogP contribution in [0.3, 0.4) is 0 Å². The van der Waals surface area contributed by atoms with E-state index in [1.54, 1.807) is 30.5 Å². The quantitative estimate of drug-likeness (QED) is 0.208. The average molecular weight is 474 g/mol. The van der Waals surface area contributed by atoms with E-state index in [0.717, 1.165) is 33.5 Å². The molecule has 5 heteroatoms. The van der Waals surface area contributed by atoms with Crippen molar-refractivity contribution in [3.8, 4) is 28.1 Å². The van der Waals surface area contributed by atoms with E-state index in [4.69, 9.17) is 0 Å². The molecule has 1 aromatic heterocycles. The molecule has 2 N–H and O–H groups in total. The van der Waals surface area contributed by atoms with Gasteiger partial charge in [-0.1, -0.05) is 78.9 Å². The molecule has 5 rings (SSSR count). The Kier molecular flexibility index (Phi) is 6.63. The molecule has 1 amide bonds. The molecule has 178 valence electrons. The molecule has 0 radical (unpaired) electrons. The fourth-order valence-corrected chi connectivity index (χ4v) is 4.62. The summed E-state index contributed by atoms with van der Waals surface area (Å²) in [5.74, 6) is 0.0234. The van der Waals surface area contributed by atoms with Gasteiger partial charge in [0.2, 0.25) is 5.91 Å². The van der Waals surface area contributed by atoms with Crippen molar-refractivity contribution in [2.24, 2.45) is 5.10 Å². The lowest BCUT2D eigenvalue weighted by Crippen LogP contribution is -2.19. The predicted molar refractivity (Wildman–Crippen MR) is 146 cm³/mol. The van der Waals surface area contributed by atoms with Gasteiger partial charge in [-0.15, -0.1) is 0 Å². The summed E-state index contributed by atoms with van der Waals surface area (Å²) in [7, 11) is 0. The van der Waals surface area contributed by atoms with Gasteiger partial charge >= 0.3 is 0 Å². The van der Waals surface area contributed by atoms with Crippen LogP contribution in [0, 0.1) is 6.92 Å². The van der Waals surface area contributed by atoms with Gasteiger partial charge in [0.1, 0.15) is 5.75 Å². The van der Waals surface area contributed by atoms with E-state index in [9.17, 15) is 9.90 Å². The van der Waals surface area contributed by atoms with Gasteiger partial charge in [0.05, 0.1) is 17.4 Å². The number of aryl methyl sites for hydroxylation is 2. The first-order chi connectivity index (χ1) is 17.6. The van der Waals surface area contributed by atoms with Gasteiger partial charge in [-0.3, -0.25) is 4.79 Å². The lowest BCUT2D eigenvalue weighted by atomic mass is 9.98. The molecule has 4 aromatic carbocycles. The van der Waals surface area contributed by atoms with Gasteiger partial charge in [0.25, 0.3) is 0 Å². The molecule has 0 atom stereocenters. The van der Waals surface area contributed by atoms with Crippen LogP contribution >= 0.6 is 0 Å². The zero-order valence-corrected chi connectivity index (χ0v) is 20.1. The van der Waals surface area contributed by atoms with Crippen LogP contribution in [0.15, 0.2) is 108 Å². The monoisotopic (exact) mass is 473 g/mol. The largest absolute Gasteiger partial charge is 0.508 e. The summed E-state index contributed by atoms with van der Waals surface area (Å²) in [6, 6.07) is 33.8.